The maximum atomic E-state index is 11.7. The first kappa shape index (κ1) is 18.1. The van der Waals surface area contributed by atoms with E-state index in [1.165, 1.54) is 19.2 Å². The molecule has 1 unspecified atom stereocenters. The average Bonchev–Trinajstić information content (AvgIpc) is 2.40. The zero-order chi connectivity index (χ0) is 16.9. The number of nitrogens with one attached hydrogen (secondary N) is 4. The van der Waals surface area contributed by atoms with Crippen molar-refractivity contribution in [2.24, 2.45) is 0 Å². The van der Waals surface area contributed by atoms with Crippen LogP contribution >= 0.6 is 11.6 Å². The maximum absolute atomic E-state index is 11.7. The number of anilines is 2. The largest absolute Gasteiger partial charge is 0.374 e. The highest BCUT2D eigenvalue weighted by atomic mass is 35.5. The maximum Gasteiger partial charge on any atom is 0.321 e. The van der Waals surface area contributed by atoms with E-state index in [2.05, 4.69) is 20.7 Å². The SMILES string of the molecule is CNC(=O)NC(=O)C(C)Nc1ccc(NS(C)(=O)=O)c(Cl)c1. The van der Waals surface area contributed by atoms with Crippen LogP contribution in [0.25, 0.3) is 0 Å². The molecule has 4 N–H and O–H groups in total. The number of halogens is 1. The Labute approximate surface area is 133 Å². The van der Waals surface area contributed by atoms with Gasteiger partial charge in [0.25, 0.3) is 0 Å². The van der Waals surface area contributed by atoms with E-state index in [1.54, 1.807) is 13.0 Å². The molecule has 0 spiro atoms. The van der Waals surface area contributed by atoms with Gasteiger partial charge >= 0.3 is 6.03 Å². The molecule has 0 aromatic heterocycles. The molecule has 1 aromatic rings. The predicted molar refractivity (Wildman–Crippen MR) is 85.6 cm³/mol. The van der Waals surface area contributed by atoms with Gasteiger partial charge in [-0.15, -0.1) is 0 Å². The van der Waals surface area contributed by atoms with E-state index >= 15 is 0 Å². The Kier molecular flexibility index (Phi) is 6.01. The summed E-state index contributed by atoms with van der Waals surface area (Å²) < 4.78 is 24.6. The lowest BCUT2D eigenvalue weighted by atomic mass is 10.2. The second-order valence-electron chi connectivity index (χ2n) is 4.50. The van der Waals surface area contributed by atoms with Crippen molar-refractivity contribution in [3.05, 3.63) is 23.2 Å². The minimum atomic E-state index is -3.43. The highest BCUT2D eigenvalue weighted by molar-refractivity contribution is 7.92. The lowest BCUT2D eigenvalue weighted by Crippen LogP contribution is -2.44. The van der Waals surface area contributed by atoms with Crippen molar-refractivity contribution in [2.45, 2.75) is 13.0 Å². The van der Waals surface area contributed by atoms with Gasteiger partial charge < -0.3 is 10.6 Å². The van der Waals surface area contributed by atoms with E-state index in [-0.39, 0.29) is 10.7 Å². The third-order valence-electron chi connectivity index (χ3n) is 2.50. The standard InChI is InChI=1S/C12H17ClN4O4S/c1-7(11(18)16-12(19)14-2)15-8-4-5-10(9(13)6-8)17-22(3,20)21/h4-7,15,17H,1-3H3,(H2,14,16,18,19). The number of urea groups is 1. The number of carbonyl (C=O) groups excluding carboxylic acids is 2. The van der Waals surface area contributed by atoms with Gasteiger partial charge in [0.1, 0.15) is 6.04 Å². The van der Waals surface area contributed by atoms with Crippen LogP contribution in [0.2, 0.25) is 5.02 Å². The van der Waals surface area contributed by atoms with Gasteiger partial charge in [0, 0.05) is 12.7 Å². The van der Waals surface area contributed by atoms with Crippen LogP contribution in [0.3, 0.4) is 0 Å². The Morgan fingerprint density at radius 1 is 1.27 bits per heavy atom. The number of benzene rings is 1. The summed E-state index contributed by atoms with van der Waals surface area (Å²) in [6.07, 6.45) is 1.01. The molecule has 10 heteroatoms. The number of amides is 3. The van der Waals surface area contributed by atoms with E-state index in [0.717, 1.165) is 6.26 Å². The topological polar surface area (TPSA) is 116 Å². The third-order valence-corrected chi connectivity index (χ3v) is 3.41. The summed E-state index contributed by atoms with van der Waals surface area (Å²) in [7, 11) is -2.03. The molecule has 0 bridgehead atoms. The van der Waals surface area contributed by atoms with Gasteiger partial charge in [-0.2, -0.15) is 0 Å². The van der Waals surface area contributed by atoms with Gasteiger partial charge in [-0.1, -0.05) is 11.6 Å². The number of imide groups is 1. The number of carbonyl (C=O) groups is 2. The lowest BCUT2D eigenvalue weighted by Gasteiger charge is -2.15. The molecule has 0 aliphatic rings. The van der Waals surface area contributed by atoms with Crippen molar-refractivity contribution in [1.29, 1.82) is 0 Å². The summed E-state index contributed by atoms with van der Waals surface area (Å²) in [6.45, 7) is 1.56. The number of hydrogen-bond donors (Lipinski definition) is 4. The molecule has 1 rings (SSSR count). The van der Waals surface area contributed by atoms with Gasteiger partial charge in [-0.05, 0) is 25.1 Å². The first-order chi connectivity index (χ1) is 10.1. The summed E-state index contributed by atoms with van der Waals surface area (Å²) in [5, 5.41) is 7.42. The molecule has 0 saturated heterocycles. The smallest absolute Gasteiger partial charge is 0.321 e. The zero-order valence-corrected chi connectivity index (χ0v) is 13.8. The van der Waals surface area contributed by atoms with Gasteiger partial charge in [0.05, 0.1) is 17.0 Å². The molecule has 0 aliphatic heterocycles. The fraction of sp³-hybridized carbons (Fsp3) is 0.333. The average molecular weight is 349 g/mol. The van der Waals surface area contributed by atoms with Crippen LogP contribution in [0.4, 0.5) is 16.2 Å². The Morgan fingerprint density at radius 2 is 1.91 bits per heavy atom. The Hall–Kier alpha value is -2.00. The molecule has 0 saturated carbocycles. The predicted octanol–water partition coefficient (Wildman–Crippen LogP) is 0.967. The molecule has 8 nitrogen and oxygen atoms in total. The third kappa shape index (κ3) is 5.78. The van der Waals surface area contributed by atoms with E-state index < -0.39 is 28.0 Å². The number of sulfonamides is 1. The van der Waals surface area contributed by atoms with Crippen LogP contribution in [0.1, 0.15) is 6.92 Å². The second kappa shape index (κ2) is 7.32. The van der Waals surface area contributed by atoms with Crippen molar-refractivity contribution < 1.29 is 18.0 Å². The Morgan fingerprint density at radius 3 is 2.41 bits per heavy atom. The molecule has 0 heterocycles. The molecule has 122 valence electrons. The number of hydrogen-bond acceptors (Lipinski definition) is 5. The number of rotatable bonds is 5. The fourth-order valence-corrected chi connectivity index (χ4v) is 2.35. The van der Waals surface area contributed by atoms with Crippen LogP contribution in [-0.4, -0.2) is 39.7 Å². The summed E-state index contributed by atoms with van der Waals surface area (Å²) in [5.41, 5.74) is 0.737. The van der Waals surface area contributed by atoms with E-state index in [9.17, 15) is 18.0 Å². The van der Waals surface area contributed by atoms with Crippen molar-refractivity contribution in [3.8, 4) is 0 Å². The normalized spacial score (nSPS) is 12.2. The van der Waals surface area contributed by atoms with Crippen LogP contribution in [0, 0.1) is 0 Å². The van der Waals surface area contributed by atoms with Gasteiger partial charge in [0.2, 0.25) is 15.9 Å². The van der Waals surface area contributed by atoms with Gasteiger partial charge in [0.15, 0.2) is 0 Å². The first-order valence-electron chi connectivity index (χ1n) is 6.19. The summed E-state index contributed by atoms with van der Waals surface area (Å²) in [6, 6.07) is 3.20. The Balaban J connectivity index is 2.77. The van der Waals surface area contributed by atoms with Crippen molar-refractivity contribution >= 4 is 44.9 Å². The van der Waals surface area contributed by atoms with Crippen LogP contribution in [0.15, 0.2) is 18.2 Å². The van der Waals surface area contributed by atoms with E-state index in [0.29, 0.717) is 5.69 Å². The quantitative estimate of drug-likeness (QED) is 0.632. The van der Waals surface area contributed by atoms with E-state index in [1.807, 2.05) is 0 Å². The molecular formula is C12H17ClN4O4S. The van der Waals surface area contributed by atoms with E-state index in [4.69, 9.17) is 11.6 Å². The lowest BCUT2D eigenvalue weighted by molar-refractivity contribution is -0.120. The van der Waals surface area contributed by atoms with Crippen LogP contribution in [0.5, 0.6) is 0 Å². The monoisotopic (exact) mass is 348 g/mol. The van der Waals surface area contributed by atoms with Crippen molar-refractivity contribution in [1.82, 2.24) is 10.6 Å². The molecule has 0 fully saturated rings. The van der Waals surface area contributed by atoms with Crippen LogP contribution in [-0.2, 0) is 14.8 Å². The van der Waals surface area contributed by atoms with Gasteiger partial charge in [-0.25, -0.2) is 13.2 Å². The molecule has 0 aliphatic carbocycles. The molecule has 3 amide bonds. The molecule has 0 radical (unpaired) electrons. The molecular weight excluding hydrogens is 332 g/mol. The zero-order valence-electron chi connectivity index (χ0n) is 12.2. The highest BCUT2D eigenvalue weighted by Gasteiger charge is 2.15. The summed E-state index contributed by atoms with van der Waals surface area (Å²) >= 11 is 5.97. The molecule has 1 atom stereocenters. The second-order valence-corrected chi connectivity index (χ2v) is 6.66. The molecule has 1 aromatic carbocycles. The molecule has 22 heavy (non-hydrogen) atoms. The summed E-state index contributed by atoms with van der Waals surface area (Å²) in [4.78, 5) is 22.8. The minimum absolute atomic E-state index is 0.175. The Bertz CT molecular complexity index is 678. The van der Waals surface area contributed by atoms with Crippen LogP contribution < -0.4 is 20.7 Å². The fourth-order valence-electron chi connectivity index (χ4n) is 1.49. The minimum Gasteiger partial charge on any atom is -0.374 e. The van der Waals surface area contributed by atoms with Gasteiger partial charge in [-0.3, -0.25) is 14.8 Å². The van der Waals surface area contributed by atoms with Crippen molar-refractivity contribution in [2.75, 3.05) is 23.3 Å². The first-order valence-corrected chi connectivity index (χ1v) is 8.46. The van der Waals surface area contributed by atoms with Crippen molar-refractivity contribution in [3.63, 3.8) is 0 Å². The summed E-state index contributed by atoms with van der Waals surface area (Å²) in [5.74, 6) is -0.520. The highest BCUT2D eigenvalue weighted by Crippen LogP contribution is 2.26.